The largest absolute Gasteiger partial charge is 0.377 e. The van der Waals surface area contributed by atoms with Crippen LogP contribution in [0.1, 0.15) is 12.8 Å². The van der Waals surface area contributed by atoms with Gasteiger partial charge in [-0.05, 0) is 37.1 Å². The molecule has 0 aliphatic heterocycles. The first-order chi connectivity index (χ1) is 20.0. The molecule has 8 nitrogen and oxygen atoms in total. The predicted octanol–water partition coefficient (Wildman–Crippen LogP) is 5.54. The van der Waals surface area contributed by atoms with Crippen molar-refractivity contribution in [2.24, 2.45) is 0 Å². The molecule has 0 amide bonds. The molecule has 12 heteroatoms. The van der Waals surface area contributed by atoms with Gasteiger partial charge < -0.3 is 9.80 Å². The summed E-state index contributed by atoms with van der Waals surface area (Å²) >= 11 is 0. The molecule has 0 fully saturated rings. The predicted molar refractivity (Wildman–Crippen MR) is 181 cm³/mol. The molecule has 4 aromatic carbocycles. The van der Waals surface area contributed by atoms with Gasteiger partial charge in [-0.1, -0.05) is 70.1 Å². The Morgan fingerprint density at radius 1 is 0.548 bits per heavy atom. The highest BCUT2D eigenvalue weighted by atomic mass is 33.1. The minimum atomic E-state index is -3.64. The van der Waals surface area contributed by atoms with E-state index in [2.05, 4.69) is 9.44 Å². The smallest absolute Gasteiger partial charge is 0.241 e. The number of nitrogens with one attached hydrogen (secondary N) is 2. The van der Waals surface area contributed by atoms with E-state index in [0.717, 1.165) is 33.7 Å². The van der Waals surface area contributed by atoms with Gasteiger partial charge in [0.25, 0.3) is 0 Å². The Hall–Kier alpha value is -2.48. The van der Waals surface area contributed by atoms with E-state index < -0.39 is 20.0 Å². The molecule has 0 radical (unpaired) electrons. The van der Waals surface area contributed by atoms with Gasteiger partial charge in [-0.25, -0.2) is 26.3 Å². The van der Waals surface area contributed by atoms with Crippen molar-refractivity contribution in [2.75, 3.05) is 62.6 Å². The summed E-state index contributed by atoms with van der Waals surface area (Å²) in [4.78, 5) is 4.52. The van der Waals surface area contributed by atoms with Gasteiger partial charge in [0.15, 0.2) is 0 Å². The lowest BCUT2D eigenvalue weighted by Gasteiger charge is -2.17. The van der Waals surface area contributed by atoms with Crippen LogP contribution in [0.3, 0.4) is 0 Å². The fourth-order valence-electron chi connectivity index (χ4n) is 4.73. The van der Waals surface area contributed by atoms with Gasteiger partial charge in [-0.3, -0.25) is 0 Å². The summed E-state index contributed by atoms with van der Waals surface area (Å²) in [5.41, 5.74) is 1.94. The van der Waals surface area contributed by atoms with Crippen molar-refractivity contribution in [1.29, 1.82) is 0 Å². The van der Waals surface area contributed by atoms with Crippen molar-refractivity contribution >= 4 is 74.6 Å². The van der Waals surface area contributed by atoms with Gasteiger partial charge in [0.1, 0.15) is 0 Å². The maximum Gasteiger partial charge on any atom is 0.241 e. The first kappa shape index (κ1) is 32.4. The summed E-state index contributed by atoms with van der Waals surface area (Å²) < 4.78 is 57.6. The van der Waals surface area contributed by atoms with Crippen LogP contribution in [0.5, 0.6) is 0 Å². The first-order valence-corrected chi connectivity index (χ1v) is 19.1. The van der Waals surface area contributed by atoms with Gasteiger partial charge in [0.05, 0.1) is 9.79 Å². The number of nitrogens with zero attached hydrogens (tertiary/aromatic N) is 2. The highest BCUT2D eigenvalue weighted by molar-refractivity contribution is 8.76. The molecule has 0 unspecified atom stereocenters. The third-order valence-electron chi connectivity index (χ3n) is 6.74. The molecule has 0 spiro atoms. The molecule has 0 aliphatic carbocycles. The van der Waals surface area contributed by atoms with Gasteiger partial charge >= 0.3 is 0 Å². The van der Waals surface area contributed by atoms with E-state index >= 15 is 0 Å². The summed E-state index contributed by atoms with van der Waals surface area (Å²) in [7, 11) is 3.80. The number of fused-ring (bicyclic) bond motifs is 2. The highest BCUT2D eigenvalue weighted by Crippen LogP contribution is 2.31. The topological polar surface area (TPSA) is 98.8 Å². The van der Waals surface area contributed by atoms with Gasteiger partial charge in [-0.2, -0.15) is 0 Å². The molecule has 0 aromatic heterocycles. The van der Waals surface area contributed by atoms with Gasteiger partial charge in [-0.15, -0.1) is 0 Å². The van der Waals surface area contributed by atoms with E-state index in [9.17, 15) is 16.8 Å². The standard InChI is InChI=1S/C30H38N4O4S4/c1-33(2)27-15-5-13-25-23(27)11-7-17-29(25)41(35,36)31-19-9-21-39-40-22-10-20-32-42(37,38)30-18-8-12-24-26(30)14-6-16-28(24)34(3)4/h5-8,11-18,31-32H,9-10,19-22H2,1-4H3. The van der Waals surface area contributed by atoms with Crippen LogP contribution in [-0.2, 0) is 20.0 Å². The summed E-state index contributed by atoms with van der Waals surface area (Å²) in [6, 6.07) is 22.1. The Labute approximate surface area is 257 Å². The van der Waals surface area contributed by atoms with Crippen LogP contribution in [0.25, 0.3) is 21.5 Å². The van der Waals surface area contributed by atoms with Gasteiger partial charge in [0, 0.05) is 85.7 Å². The summed E-state index contributed by atoms with van der Waals surface area (Å²) in [5.74, 6) is 1.56. The van der Waals surface area contributed by atoms with Crippen molar-refractivity contribution < 1.29 is 16.8 Å². The number of benzene rings is 4. The Balaban J connectivity index is 1.19. The normalized spacial score (nSPS) is 12.2. The zero-order valence-corrected chi connectivity index (χ0v) is 27.6. The minimum Gasteiger partial charge on any atom is -0.377 e. The van der Waals surface area contributed by atoms with Crippen LogP contribution in [0.2, 0.25) is 0 Å². The lowest BCUT2D eigenvalue weighted by atomic mass is 10.1. The van der Waals surface area contributed by atoms with Crippen molar-refractivity contribution in [3.63, 3.8) is 0 Å². The second kappa shape index (κ2) is 14.3. The lowest BCUT2D eigenvalue weighted by molar-refractivity contribution is 0.580. The molecule has 226 valence electrons. The van der Waals surface area contributed by atoms with E-state index in [-0.39, 0.29) is 9.79 Å². The molecule has 0 aliphatic rings. The van der Waals surface area contributed by atoms with E-state index in [1.54, 1.807) is 45.9 Å². The van der Waals surface area contributed by atoms with Crippen molar-refractivity contribution in [3.05, 3.63) is 72.8 Å². The molecule has 4 rings (SSSR count). The maximum atomic E-state index is 13.0. The molecule has 42 heavy (non-hydrogen) atoms. The second-order valence-electron chi connectivity index (χ2n) is 10.2. The monoisotopic (exact) mass is 646 g/mol. The van der Waals surface area contributed by atoms with Crippen LogP contribution >= 0.6 is 21.6 Å². The zero-order valence-electron chi connectivity index (χ0n) is 24.3. The highest BCUT2D eigenvalue weighted by Gasteiger charge is 2.19. The third-order valence-corrected chi connectivity index (χ3v) is 12.4. The Morgan fingerprint density at radius 3 is 1.29 bits per heavy atom. The van der Waals surface area contributed by atoms with Crippen LogP contribution in [0.4, 0.5) is 11.4 Å². The maximum absolute atomic E-state index is 13.0. The summed E-state index contributed by atoms with van der Waals surface area (Å²) in [5, 5.41) is 3.21. The van der Waals surface area contributed by atoms with E-state index in [1.807, 2.05) is 86.5 Å². The fourth-order valence-corrected chi connectivity index (χ4v) is 9.49. The van der Waals surface area contributed by atoms with Crippen LogP contribution < -0.4 is 19.2 Å². The third kappa shape index (κ3) is 7.72. The van der Waals surface area contributed by atoms with E-state index in [4.69, 9.17) is 0 Å². The summed E-state index contributed by atoms with van der Waals surface area (Å²) in [6.45, 7) is 0.694. The number of anilines is 2. The van der Waals surface area contributed by atoms with Gasteiger partial charge in [0.2, 0.25) is 20.0 Å². The summed E-state index contributed by atoms with van der Waals surface area (Å²) in [6.07, 6.45) is 1.38. The number of rotatable bonds is 15. The zero-order chi connectivity index (χ0) is 30.3. The Kier molecular flexibility index (Phi) is 11.1. The van der Waals surface area contributed by atoms with Crippen LogP contribution in [0.15, 0.2) is 82.6 Å². The second-order valence-corrected chi connectivity index (χ2v) is 16.4. The minimum absolute atomic E-state index is 0.287. The van der Waals surface area contributed by atoms with Crippen LogP contribution in [-0.4, -0.2) is 69.6 Å². The first-order valence-electron chi connectivity index (χ1n) is 13.6. The molecular formula is C30H38N4O4S4. The average molecular weight is 647 g/mol. The quantitative estimate of drug-likeness (QED) is 0.128. The fraction of sp³-hybridized carbons (Fsp3) is 0.333. The van der Waals surface area contributed by atoms with E-state index in [0.29, 0.717) is 36.7 Å². The number of hydrogen-bond acceptors (Lipinski definition) is 8. The van der Waals surface area contributed by atoms with Crippen molar-refractivity contribution in [1.82, 2.24) is 9.44 Å². The molecule has 0 atom stereocenters. The Morgan fingerprint density at radius 2 is 0.905 bits per heavy atom. The molecule has 0 heterocycles. The molecule has 0 bridgehead atoms. The lowest BCUT2D eigenvalue weighted by Crippen LogP contribution is -2.25. The number of hydrogen-bond donors (Lipinski definition) is 2. The van der Waals surface area contributed by atoms with Crippen LogP contribution in [0, 0.1) is 0 Å². The Bertz CT molecular complexity index is 1610. The molecular weight excluding hydrogens is 609 g/mol. The molecule has 0 saturated heterocycles. The molecule has 4 aromatic rings. The number of sulfonamides is 2. The van der Waals surface area contributed by atoms with Crippen molar-refractivity contribution in [3.8, 4) is 0 Å². The SMILES string of the molecule is CN(C)c1cccc2c(S(=O)(=O)NCCCSSCCCNS(=O)(=O)c3cccc4c(N(C)C)cccc34)cccc12. The molecule has 0 saturated carbocycles. The van der Waals surface area contributed by atoms with E-state index in [1.165, 1.54) is 0 Å². The van der Waals surface area contributed by atoms with Crippen molar-refractivity contribution in [2.45, 2.75) is 22.6 Å². The average Bonchev–Trinajstić information content (AvgIpc) is 2.96. The molecule has 2 N–H and O–H groups in total.